The van der Waals surface area contributed by atoms with Crippen molar-refractivity contribution < 1.29 is 18.0 Å². The SMILES string of the molecule is CCc1nccn1CCC(=O)N1CCN(c2nc(C)cc(C(F)(F)F)n2)CC1. The Kier molecular flexibility index (Phi) is 5.85. The first kappa shape index (κ1) is 20.1. The molecular formula is C18H23F3N6O. The molecule has 1 saturated heterocycles. The van der Waals surface area contributed by atoms with Crippen molar-refractivity contribution in [3.63, 3.8) is 0 Å². The minimum atomic E-state index is -4.51. The number of halogens is 3. The Balaban J connectivity index is 1.57. The van der Waals surface area contributed by atoms with Crippen LogP contribution in [0.15, 0.2) is 18.5 Å². The monoisotopic (exact) mass is 396 g/mol. The van der Waals surface area contributed by atoms with Gasteiger partial charge in [-0.3, -0.25) is 4.79 Å². The number of rotatable bonds is 5. The first-order valence-corrected chi connectivity index (χ1v) is 9.23. The van der Waals surface area contributed by atoms with Gasteiger partial charge in [-0.15, -0.1) is 0 Å². The summed E-state index contributed by atoms with van der Waals surface area (Å²) in [7, 11) is 0. The molecular weight excluding hydrogens is 373 g/mol. The van der Waals surface area contributed by atoms with Crippen molar-refractivity contribution in [1.29, 1.82) is 0 Å². The highest BCUT2D eigenvalue weighted by atomic mass is 19.4. The van der Waals surface area contributed by atoms with E-state index in [1.807, 2.05) is 17.7 Å². The van der Waals surface area contributed by atoms with E-state index in [1.165, 1.54) is 6.92 Å². The molecule has 28 heavy (non-hydrogen) atoms. The van der Waals surface area contributed by atoms with E-state index in [9.17, 15) is 18.0 Å². The molecule has 2 aromatic rings. The van der Waals surface area contributed by atoms with Crippen molar-refractivity contribution in [1.82, 2.24) is 24.4 Å². The van der Waals surface area contributed by atoms with Crippen LogP contribution in [-0.4, -0.2) is 56.5 Å². The van der Waals surface area contributed by atoms with Gasteiger partial charge in [-0.2, -0.15) is 13.2 Å². The Morgan fingerprint density at radius 3 is 2.54 bits per heavy atom. The van der Waals surface area contributed by atoms with Gasteiger partial charge in [0.2, 0.25) is 11.9 Å². The number of piperazine rings is 1. The lowest BCUT2D eigenvalue weighted by Crippen LogP contribution is -2.49. The van der Waals surface area contributed by atoms with Crippen LogP contribution in [0.3, 0.4) is 0 Å². The topological polar surface area (TPSA) is 67.2 Å². The molecule has 152 valence electrons. The normalized spacial score (nSPS) is 15.2. The summed E-state index contributed by atoms with van der Waals surface area (Å²) in [6, 6.07) is 0.934. The summed E-state index contributed by atoms with van der Waals surface area (Å²) in [4.78, 5) is 27.9. The molecule has 0 spiro atoms. The molecule has 1 amide bonds. The molecule has 0 aromatic carbocycles. The molecule has 10 heteroatoms. The van der Waals surface area contributed by atoms with Crippen molar-refractivity contribution in [2.24, 2.45) is 0 Å². The third-order valence-electron chi connectivity index (χ3n) is 4.73. The summed E-state index contributed by atoms with van der Waals surface area (Å²) >= 11 is 0. The van der Waals surface area contributed by atoms with Gasteiger partial charge in [0.25, 0.3) is 0 Å². The standard InChI is InChI=1S/C18H23F3N6O/c1-3-15-22-5-7-25(15)6-4-16(28)26-8-10-27(11-9-26)17-23-13(2)12-14(24-17)18(19,20)21/h5,7,12H,3-4,6,8-11H2,1-2H3. The largest absolute Gasteiger partial charge is 0.433 e. The maximum absolute atomic E-state index is 13.0. The van der Waals surface area contributed by atoms with Crippen molar-refractivity contribution in [3.05, 3.63) is 35.7 Å². The number of aryl methyl sites for hydroxylation is 3. The molecule has 0 aliphatic carbocycles. The van der Waals surface area contributed by atoms with Gasteiger partial charge in [0, 0.05) is 63.7 Å². The molecule has 1 aliphatic heterocycles. The van der Waals surface area contributed by atoms with Gasteiger partial charge < -0.3 is 14.4 Å². The van der Waals surface area contributed by atoms with Gasteiger partial charge in [0.05, 0.1) is 0 Å². The Hall–Kier alpha value is -2.65. The number of hydrogen-bond donors (Lipinski definition) is 0. The van der Waals surface area contributed by atoms with Gasteiger partial charge in [0.1, 0.15) is 11.5 Å². The van der Waals surface area contributed by atoms with Gasteiger partial charge in [-0.25, -0.2) is 15.0 Å². The Morgan fingerprint density at radius 2 is 1.89 bits per heavy atom. The molecule has 3 rings (SSSR count). The summed E-state index contributed by atoms with van der Waals surface area (Å²) in [5, 5.41) is 0. The molecule has 0 bridgehead atoms. The number of anilines is 1. The van der Waals surface area contributed by atoms with Crippen LogP contribution in [0.2, 0.25) is 0 Å². The lowest BCUT2D eigenvalue weighted by Gasteiger charge is -2.35. The maximum atomic E-state index is 13.0. The molecule has 0 radical (unpaired) electrons. The van der Waals surface area contributed by atoms with E-state index in [1.54, 1.807) is 16.0 Å². The quantitative estimate of drug-likeness (QED) is 0.776. The summed E-state index contributed by atoms with van der Waals surface area (Å²) in [5.41, 5.74) is -0.677. The fourth-order valence-corrected chi connectivity index (χ4v) is 3.23. The molecule has 2 aromatic heterocycles. The van der Waals surface area contributed by atoms with Crippen molar-refractivity contribution in [2.75, 3.05) is 31.1 Å². The van der Waals surface area contributed by atoms with Gasteiger partial charge in [-0.05, 0) is 13.0 Å². The van der Waals surface area contributed by atoms with Crippen LogP contribution in [0.1, 0.15) is 30.6 Å². The Morgan fingerprint density at radius 1 is 1.18 bits per heavy atom. The van der Waals surface area contributed by atoms with Crippen LogP contribution >= 0.6 is 0 Å². The van der Waals surface area contributed by atoms with Crippen molar-refractivity contribution in [2.45, 2.75) is 39.4 Å². The van der Waals surface area contributed by atoms with E-state index in [2.05, 4.69) is 15.0 Å². The second kappa shape index (κ2) is 8.15. The summed E-state index contributed by atoms with van der Waals surface area (Å²) in [6.07, 6.45) is 0.236. The zero-order valence-electron chi connectivity index (χ0n) is 15.9. The van der Waals surface area contributed by atoms with Crippen LogP contribution in [0, 0.1) is 6.92 Å². The third-order valence-corrected chi connectivity index (χ3v) is 4.73. The summed E-state index contributed by atoms with van der Waals surface area (Å²) in [6.45, 7) is 5.76. The van der Waals surface area contributed by atoms with Crippen molar-refractivity contribution in [3.8, 4) is 0 Å². The van der Waals surface area contributed by atoms with E-state index in [0.717, 1.165) is 18.3 Å². The average molecular weight is 396 g/mol. The molecule has 0 atom stereocenters. The summed E-state index contributed by atoms with van der Waals surface area (Å²) in [5.74, 6) is 1.02. The number of hydrogen-bond acceptors (Lipinski definition) is 5. The van der Waals surface area contributed by atoms with Gasteiger partial charge in [0.15, 0.2) is 0 Å². The van der Waals surface area contributed by atoms with Gasteiger partial charge in [-0.1, -0.05) is 6.92 Å². The lowest BCUT2D eigenvalue weighted by atomic mass is 10.2. The number of alkyl halides is 3. The van der Waals surface area contributed by atoms with Crippen molar-refractivity contribution >= 4 is 11.9 Å². The predicted octanol–water partition coefficient (Wildman–Crippen LogP) is 2.30. The molecule has 0 N–H and O–H groups in total. The minimum Gasteiger partial charge on any atom is -0.339 e. The fraction of sp³-hybridized carbons (Fsp3) is 0.556. The smallest absolute Gasteiger partial charge is 0.339 e. The van der Waals surface area contributed by atoms with Crippen LogP contribution in [0.5, 0.6) is 0 Å². The second-order valence-electron chi connectivity index (χ2n) is 6.70. The van der Waals surface area contributed by atoms with E-state index < -0.39 is 11.9 Å². The highest BCUT2D eigenvalue weighted by molar-refractivity contribution is 5.76. The van der Waals surface area contributed by atoms with E-state index in [-0.39, 0.29) is 17.5 Å². The highest BCUT2D eigenvalue weighted by Crippen LogP contribution is 2.29. The molecule has 0 saturated carbocycles. The molecule has 3 heterocycles. The zero-order valence-corrected chi connectivity index (χ0v) is 15.9. The second-order valence-corrected chi connectivity index (χ2v) is 6.70. The number of aromatic nitrogens is 4. The maximum Gasteiger partial charge on any atom is 0.433 e. The number of amides is 1. The van der Waals surface area contributed by atoms with E-state index >= 15 is 0 Å². The van der Waals surface area contributed by atoms with Gasteiger partial charge >= 0.3 is 6.18 Å². The highest BCUT2D eigenvalue weighted by Gasteiger charge is 2.34. The predicted molar refractivity (Wildman–Crippen MR) is 96.8 cm³/mol. The van der Waals surface area contributed by atoms with E-state index in [4.69, 9.17) is 0 Å². The van der Waals surface area contributed by atoms with Crippen LogP contribution < -0.4 is 4.90 Å². The van der Waals surface area contributed by atoms with E-state index in [0.29, 0.717) is 39.1 Å². The van der Waals surface area contributed by atoms with Crippen LogP contribution in [0.4, 0.5) is 19.1 Å². The molecule has 7 nitrogen and oxygen atoms in total. The Labute approximate surface area is 161 Å². The minimum absolute atomic E-state index is 0.0246. The average Bonchev–Trinajstić information content (AvgIpc) is 3.12. The lowest BCUT2D eigenvalue weighted by molar-refractivity contribution is -0.141. The first-order chi connectivity index (χ1) is 13.3. The molecule has 1 aliphatic rings. The third kappa shape index (κ3) is 4.60. The zero-order chi connectivity index (χ0) is 20.3. The fourth-order valence-electron chi connectivity index (χ4n) is 3.23. The van der Waals surface area contributed by atoms with Crippen LogP contribution in [0.25, 0.3) is 0 Å². The van der Waals surface area contributed by atoms with Crippen LogP contribution in [-0.2, 0) is 23.9 Å². The number of imidazole rings is 1. The number of carbonyl (C=O) groups excluding carboxylic acids is 1. The Bertz CT molecular complexity index is 827. The first-order valence-electron chi connectivity index (χ1n) is 9.23. The number of nitrogens with zero attached hydrogens (tertiary/aromatic N) is 6. The summed E-state index contributed by atoms with van der Waals surface area (Å²) < 4.78 is 40.9. The molecule has 1 fully saturated rings. The number of carbonyl (C=O) groups is 1. The molecule has 0 unspecified atom stereocenters.